The lowest BCUT2D eigenvalue weighted by atomic mass is 10.1. The molecule has 5 heteroatoms. The quantitative estimate of drug-likeness (QED) is 0.648. The molecular formula is C11H19Cl2NOS. The molecule has 1 aliphatic heterocycles. The lowest BCUT2D eigenvalue weighted by Crippen LogP contribution is -2.23. The van der Waals surface area contributed by atoms with Gasteiger partial charge in [-0.3, -0.25) is 0 Å². The largest absolute Gasteiger partial charge is 0.236 e. The van der Waals surface area contributed by atoms with Crippen molar-refractivity contribution in [3.8, 4) is 0 Å². The Morgan fingerprint density at radius 1 is 1.19 bits per heavy atom. The van der Waals surface area contributed by atoms with E-state index >= 15 is 0 Å². The summed E-state index contributed by atoms with van der Waals surface area (Å²) in [5.41, 5.74) is 0. The molecule has 0 aromatic rings. The second-order valence-corrected chi connectivity index (χ2v) is 6.54. The van der Waals surface area contributed by atoms with E-state index in [1.807, 2.05) is 4.31 Å². The fourth-order valence-electron chi connectivity index (χ4n) is 1.71. The summed E-state index contributed by atoms with van der Waals surface area (Å²) in [6, 6.07) is 0. The van der Waals surface area contributed by atoms with E-state index < -0.39 is 11.0 Å². The molecule has 94 valence electrons. The van der Waals surface area contributed by atoms with Crippen LogP contribution in [0.5, 0.6) is 0 Å². The average Bonchev–Trinajstić information content (AvgIpc) is 2.51. The van der Waals surface area contributed by atoms with Gasteiger partial charge in [0.25, 0.3) is 0 Å². The van der Waals surface area contributed by atoms with Gasteiger partial charge >= 0.3 is 0 Å². The molecule has 1 atom stereocenters. The molecule has 0 radical (unpaired) electrons. The van der Waals surface area contributed by atoms with Crippen LogP contribution < -0.4 is 0 Å². The monoisotopic (exact) mass is 283 g/mol. The van der Waals surface area contributed by atoms with Gasteiger partial charge in [-0.1, -0.05) is 62.2 Å². The number of rotatable bonds is 7. The third kappa shape index (κ3) is 4.36. The van der Waals surface area contributed by atoms with Crippen LogP contribution in [0.25, 0.3) is 0 Å². The van der Waals surface area contributed by atoms with Gasteiger partial charge in [0.2, 0.25) is 0 Å². The first-order chi connectivity index (χ1) is 7.66. The Labute approximate surface area is 111 Å². The summed E-state index contributed by atoms with van der Waals surface area (Å²) < 4.78 is 13.8. The molecule has 0 unspecified atom stereocenters. The van der Waals surface area contributed by atoms with Crippen molar-refractivity contribution < 1.29 is 4.21 Å². The lowest BCUT2D eigenvalue weighted by Gasteiger charge is -2.13. The standard InChI is InChI=1S/C11H19Cl2NOS/c1-2-3-4-5-6-7-8-14-9-10(12)11(13)16(14)15/h2-9H2,1H3/t16-/m1/s1. The van der Waals surface area contributed by atoms with Gasteiger partial charge in [0.1, 0.15) is 15.3 Å². The zero-order valence-corrected chi connectivity index (χ0v) is 12.0. The molecule has 0 spiro atoms. The third-order valence-electron chi connectivity index (χ3n) is 2.68. The third-order valence-corrected chi connectivity index (χ3v) is 5.15. The molecule has 0 aromatic heterocycles. The van der Waals surface area contributed by atoms with Gasteiger partial charge in [-0.25, -0.2) is 8.51 Å². The van der Waals surface area contributed by atoms with Crippen LogP contribution in [-0.2, 0) is 11.0 Å². The fraction of sp³-hybridized carbons (Fsp3) is 0.818. The second-order valence-electron chi connectivity index (χ2n) is 4.06. The van der Waals surface area contributed by atoms with Gasteiger partial charge in [-0.15, -0.1) is 0 Å². The maximum absolute atomic E-state index is 11.6. The van der Waals surface area contributed by atoms with Crippen molar-refractivity contribution >= 4 is 34.2 Å². The predicted molar refractivity (Wildman–Crippen MR) is 71.8 cm³/mol. The van der Waals surface area contributed by atoms with Gasteiger partial charge in [-0.05, 0) is 6.42 Å². The summed E-state index contributed by atoms with van der Waals surface area (Å²) in [7, 11) is -1.20. The number of unbranched alkanes of at least 4 members (excludes halogenated alkanes) is 5. The first-order valence-electron chi connectivity index (χ1n) is 5.87. The van der Waals surface area contributed by atoms with Crippen LogP contribution in [0.2, 0.25) is 0 Å². The van der Waals surface area contributed by atoms with Crippen LogP contribution in [0.3, 0.4) is 0 Å². The van der Waals surface area contributed by atoms with Gasteiger partial charge in [0.05, 0.1) is 5.03 Å². The molecule has 0 saturated heterocycles. The van der Waals surface area contributed by atoms with Gasteiger partial charge in [0, 0.05) is 13.1 Å². The molecule has 0 fully saturated rings. The highest BCUT2D eigenvalue weighted by Crippen LogP contribution is 2.28. The molecular weight excluding hydrogens is 265 g/mol. The van der Waals surface area contributed by atoms with E-state index in [0.717, 1.165) is 13.0 Å². The Bertz CT molecular complexity index is 281. The normalized spacial score (nSPS) is 22.1. The summed E-state index contributed by atoms with van der Waals surface area (Å²) in [4.78, 5) is 0. The molecule has 0 bridgehead atoms. The van der Waals surface area contributed by atoms with Crippen molar-refractivity contribution in [2.75, 3.05) is 13.1 Å². The second kappa shape index (κ2) is 7.70. The Morgan fingerprint density at radius 2 is 1.81 bits per heavy atom. The van der Waals surface area contributed by atoms with E-state index in [1.165, 1.54) is 32.1 Å². The lowest BCUT2D eigenvalue weighted by molar-refractivity contribution is 0.464. The molecule has 0 aromatic carbocycles. The molecule has 0 aliphatic carbocycles. The summed E-state index contributed by atoms with van der Waals surface area (Å²) in [6.07, 6.45) is 7.43. The molecule has 0 amide bonds. The van der Waals surface area contributed by atoms with E-state index in [0.29, 0.717) is 15.9 Å². The number of hydrogen-bond donors (Lipinski definition) is 0. The van der Waals surface area contributed by atoms with Gasteiger partial charge < -0.3 is 0 Å². The topological polar surface area (TPSA) is 20.3 Å². The highest BCUT2D eigenvalue weighted by atomic mass is 35.5. The summed E-state index contributed by atoms with van der Waals surface area (Å²) in [5, 5.41) is 0.533. The minimum Gasteiger partial charge on any atom is -0.236 e. The van der Waals surface area contributed by atoms with Crippen molar-refractivity contribution in [1.29, 1.82) is 0 Å². The van der Waals surface area contributed by atoms with Crippen molar-refractivity contribution in [2.45, 2.75) is 45.4 Å². The van der Waals surface area contributed by atoms with Crippen LogP contribution in [-0.4, -0.2) is 21.6 Å². The summed E-state index contributed by atoms with van der Waals surface area (Å²) >= 11 is 11.6. The van der Waals surface area contributed by atoms with Gasteiger partial charge in [-0.2, -0.15) is 0 Å². The van der Waals surface area contributed by atoms with Crippen LogP contribution in [0.15, 0.2) is 9.40 Å². The Morgan fingerprint density at radius 3 is 2.38 bits per heavy atom. The zero-order valence-electron chi connectivity index (χ0n) is 9.68. The van der Waals surface area contributed by atoms with Gasteiger partial charge in [0.15, 0.2) is 0 Å². The van der Waals surface area contributed by atoms with Crippen LogP contribution >= 0.6 is 23.2 Å². The summed E-state index contributed by atoms with van der Waals surface area (Å²) in [6.45, 7) is 3.58. The van der Waals surface area contributed by atoms with Crippen molar-refractivity contribution in [3.05, 3.63) is 9.40 Å². The number of nitrogens with zero attached hydrogens (tertiary/aromatic N) is 1. The van der Waals surface area contributed by atoms with E-state index in [1.54, 1.807) is 0 Å². The molecule has 0 saturated carbocycles. The molecule has 1 rings (SSSR count). The van der Waals surface area contributed by atoms with Crippen molar-refractivity contribution in [2.24, 2.45) is 0 Å². The Balaban J connectivity index is 2.10. The molecule has 1 heterocycles. The average molecular weight is 284 g/mol. The summed E-state index contributed by atoms with van der Waals surface area (Å²) in [5.74, 6) is 0. The Kier molecular flexibility index (Phi) is 6.97. The number of halogens is 2. The van der Waals surface area contributed by atoms with Crippen molar-refractivity contribution in [1.82, 2.24) is 4.31 Å². The van der Waals surface area contributed by atoms with E-state index in [2.05, 4.69) is 6.92 Å². The van der Waals surface area contributed by atoms with Crippen LogP contribution in [0.1, 0.15) is 45.4 Å². The highest BCUT2D eigenvalue weighted by molar-refractivity contribution is 7.88. The number of hydrogen-bond acceptors (Lipinski definition) is 1. The zero-order chi connectivity index (χ0) is 12.0. The minimum absolute atomic E-state index is 0.313. The van der Waals surface area contributed by atoms with Crippen LogP contribution in [0, 0.1) is 0 Å². The van der Waals surface area contributed by atoms with E-state index in [9.17, 15) is 4.21 Å². The smallest absolute Gasteiger partial charge is 0.140 e. The molecule has 1 aliphatic rings. The predicted octanol–water partition coefficient (Wildman–Crippen LogP) is 3.97. The van der Waals surface area contributed by atoms with E-state index in [4.69, 9.17) is 23.2 Å². The maximum Gasteiger partial charge on any atom is 0.140 e. The fourth-order valence-corrected chi connectivity index (χ4v) is 3.50. The maximum atomic E-state index is 11.6. The van der Waals surface area contributed by atoms with Crippen LogP contribution in [0.4, 0.5) is 0 Å². The SMILES string of the molecule is CCCCCCCCN1CC(Cl)=C(Cl)[S@]1=O. The minimum atomic E-state index is -1.20. The highest BCUT2D eigenvalue weighted by Gasteiger charge is 2.26. The van der Waals surface area contributed by atoms with E-state index in [-0.39, 0.29) is 0 Å². The molecule has 0 N–H and O–H groups in total. The first-order valence-corrected chi connectivity index (χ1v) is 7.74. The van der Waals surface area contributed by atoms with Crippen molar-refractivity contribution in [3.63, 3.8) is 0 Å². The first kappa shape index (κ1) is 14.5. The molecule has 2 nitrogen and oxygen atoms in total. The molecule has 16 heavy (non-hydrogen) atoms. The Hall–Kier alpha value is 0.430.